The van der Waals surface area contributed by atoms with Crippen molar-refractivity contribution in [2.45, 2.75) is 270 Å². The Bertz CT molecular complexity index is 2000. The molecule has 0 atom stereocenters. The van der Waals surface area contributed by atoms with E-state index in [9.17, 15) is 0 Å². The molecule has 4 aromatic rings. The molecule has 0 heterocycles. The topological polar surface area (TPSA) is 36.9 Å². The van der Waals surface area contributed by atoms with Crippen molar-refractivity contribution in [1.82, 2.24) is 0 Å². The monoisotopic (exact) mass is 1150 g/mol. The Labute approximate surface area is 496 Å². The zero-order valence-corrected chi connectivity index (χ0v) is 52.5. The molecular formula is C70H104Cl4O4. The van der Waals surface area contributed by atoms with Crippen LogP contribution in [-0.2, 0) is 49.2 Å². The number of ether oxygens (including phenoxy) is 4. The maximum atomic E-state index is 7.09. The van der Waals surface area contributed by atoms with Crippen LogP contribution >= 0.6 is 46.4 Å². The van der Waals surface area contributed by atoms with Crippen molar-refractivity contribution in [3.63, 3.8) is 0 Å². The molecule has 0 radical (unpaired) electrons. The maximum Gasteiger partial charge on any atom is 0.126 e. The van der Waals surface area contributed by atoms with Crippen LogP contribution in [0.25, 0.3) is 0 Å². The highest BCUT2D eigenvalue weighted by Crippen LogP contribution is 2.42. The SMILES string of the molecule is CCCCCCCCCCCCCCCCOc1c2cc(CCl)cc1Cc1cc(CCl)cc(c1OCCC)Cc1cc(CCl)cc(c1OCCCCCCCCCCCCCCCC)Cc1cc(CCl)cc(c1OCCC)C2. The molecule has 0 fully saturated rings. The molecule has 4 aromatic carbocycles. The lowest BCUT2D eigenvalue weighted by atomic mass is 9.88. The average molecular weight is 1150 g/mol. The molecule has 0 aliphatic heterocycles. The normalized spacial score (nSPS) is 12.3. The number of alkyl halides is 4. The number of halogens is 4. The van der Waals surface area contributed by atoms with Gasteiger partial charge in [0.15, 0.2) is 0 Å². The fourth-order valence-electron chi connectivity index (χ4n) is 11.6. The van der Waals surface area contributed by atoms with E-state index in [4.69, 9.17) is 65.4 Å². The predicted octanol–water partition coefficient (Wildman–Crippen LogP) is 22.6. The Morgan fingerprint density at radius 1 is 0.244 bits per heavy atom. The highest BCUT2D eigenvalue weighted by molar-refractivity contribution is 6.17. The van der Waals surface area contributed by atoms with E-state index >= 15 is 0 Å². The van der Waals surface area contributed by atoms with Gasteiger partial charge in [-0.15, -0.1) is 46.4 Å². The number of benzene rings is 4. The molecule has 5 rings (SSSR count). The van der Waals surface area contributed by atoms with E-state index in [1.807, 2.05) is 0 Å². The molecule has 436 valence electrons. The van der Waals surface area contributed by atoms with Crippen LogP contribution in [0.4, 0.5) is 0 Å². The first kappa shape index (κ1) is 66.0. The van der Waals surface area contributed by atoms with Gasteiger partial charge in [0.2, 0.25) is 0 Å². The van der Waals surface area contributed by atoms with Gasteiger partial charge in [0, 0.05) is 49.2 Å². The average Bonchev–Trinajstić information content (AvgIpc) is 3.48. The van der Waals surface area contributed by atoms with Crippen molar-refractivity contribution in [2.24, 2.45) is 0 Å². The lowest BCUT2D eigenvalue weighted by molar-refractivity contribution is 0.296. The van der Waals surface area contributed by atoms with Crippen LogP contribution in [0.5, 0.6) is 23.0 Å². The Balaban J connectivity index is 1.45. The van der Waals surface area contributed by atoms with Crippen molar-refractivity contribution in [3.8, 4) is 23.0 Å². The van der Waals surface area contributed by atoms with Crippen molar-refractivity contribution in [2.75, 3.05) is 26.4 Å². The van der Waals surface area contributed by atoms with E-state index in [1.165, 1.54) is 154 Å². The minimum Gasteiger partial charge on any atom is -0.493 e. The zero-order valence-electron chi connectivity index (χ0n) is 49.5. The Hall–Kier alpha value is -2.76. The van der Waals surface area contributed by atoms with Gasteiger partial charge in [0.1, 0.15) is 23.0 Å². The smallest absolute Gasteiger partial charge is 0.126 e. The summed E-state index contributed by atoms with van der Waals surface area (Å²) in [6.07, 6.45) is 41.1. The molecule has 0 N–H and O–H groups in total. The summed E-state index contributed by atoms with van der Waals surface area (Å²) in [5, 5.41) is 0. The maximum absolute atomic E-state index is 7.09. The van der Waals surface area contributed by atoms with E-state index in [2.05, 4.69) is 76.2 Å². The van der Waals surface area contributed by atoms with Crippen LogP contribution in [-0.4, -0.2) is 26.4 Å². The standard InChI is InChI=1S/C70H104Cl4O4/c1-5-9-11-13-15-17-19-21-23-25-27-29-31-33-37-77-69-63-43-57(53-73)44-64(69)48-60-40-56(52-72)42-62(68(60)76-36-8-4)50-66-46-58(54-74)45-65(49-61-41-55(51-71)39-59(47-63)67(61)75-35-7-3)70(66)78-38-34-32-30-28-26-24-22-20-18-16-14-12-10-6-2/h39-46H,5-38,47-54H2,1-4H3. The van der Waals surface area contributed by atoms with Crippen molar-refractivity contribution in [1.29, 1.82) is 0 Å². The Morgan fingerprint density at radius 3 is 0.603 bits per heavy atom. The number of hydrogen-bond acceptors (Lipinski definition) is 4. The fraction of sp³-hybridized carbons (Fsp3) is 0.657. The second-order valence-electron chi connectivity index (χ2n) is 22.8. The highest BCUT2D eigenvalue weighted by Gasteiger charge is 2.25. The number of hydrogen-bond donors (Lipinski definition) is 0. The summed E-state index contributed by atoms with van der Waals surface area (Å²) in [6.45, 7) is 11.4. The number of fused-ring (bicyclic) bond motifs is 8. The number of unbranched alkanes of at least 4 members (excludes halogenated alkanes) is 26. The summed E-state index contributed by atoms with van der Waals surface area (Å²) in [4.78, 5) is 0. The van der Waals surface area contributed by atoms with E-state index in [-0.39, 0.29) is 0 Å². The third kappa shape index (κ3) is 23.6. The van der Waals surface area contributed by atoms with Gasteiger partial charge >= 0.3 is 0 Å². The number of rotatable bonds is 42. The molecular weight excluding hydrogens is 1050 g/mol. The van der Waals surface area contributed by atoms with E-state index in [0.29, 0.717) is 75.6 Å². The summed E-state index contributed by atoms with van der Waals surface area (Å²) >= 11 is 27.3. The third-order valence-corrected chi connectivity index (χ3v) is 17.0. The molecule has 0 saturated heterocycles. The molecule has 0 amide bonds. The first-order valence-electron chi connectivity index (χ1n) is 31.7. The molecule has 0 unspecified atom stereocenters. The van der Waals surface area contributed by atoms with Gasteiger partial charge < -0.3 is 18.9 Å². The quantitative estimate of drug-likeness (QED) is 0.0288. The lowest BCUT2D eigenvalue weighted by Crippen LogP contribution is -2.11. The second-order valence-corrected chi connectivity index (χ2v) is 23.9. The van der Waals surface area contributed by atoms with Crippen LogP contribution in [0.3, 0.4) is 0 Å². The second kappa shape index (κ2) is 40.4. The molecule has 0 aromatic heterocycles. The van der Waals surface area contributed by atoms with Gasteiger partial charge in [-0.1, -0.05) is 243 Å². The summed E-state index contributed by atoms with van der Waals surface area (Å²) in [5.41, 5.74) is 13.0. The molecule has 78 heavy (non-hydrogen) atoms. The summed E-state index contributed by atoms with van der Waals surface area (Å²) in [6, 6.07) is 18.0. The largest absolute Gasteiger partial charge is 0.493 e. The molecule has 0 saturated carbocycles. The first-order chi connectivity index (χ1) is 38.4. The summed E-state index contributed by atoms with van der Waals surface area (Å²) in [5.74, 6) is 5.23. The van der Waals surface area contributed by atoms with Gasteiger partial charge in [0.25, 0.3) is 0 Å². The minimum absolute atomic E-state index is 0.386. The third-order valence-electron chi connectivity index (χ3n) is 15.7. The van der Waals surface area contributed by atoms with Crippen molar-refractivity contribution in [3.05, 3.63) is 115 Å². The lowest BCUT2D eigenvalue weighted by Gasteiger charge is -2.24. The molecule has 4 nitrogen and oxygen atoms in total. The molecule has 8 heteroatoms. The fourth-order valence-corrected chi connectivity index (χ4v) is 12.2. The molecule has 0 spiro atoms. The highest BCUT2D eigenvalue weighted by atomic mass is 35.5. The van der Waals surface area contributed by atoms with Crippen LogP contribution in [0.15, 0.2) is 48.5 Å². The predicted molar refractivity (Wildman–Crippen MR) is 338 cm³/mol. The van der Waals surface area contributed by atoms with Crippen LogP contribution in [0.1, 0.15) is 287 Å². The van der Waals surface area contributed by atoms with Gasteiger partial charge in [0.05, 0.1) is 26.4 Å². The Kier molecular flexibility index (Phi) is 34.2. The van der Waals surface area contributed by atoms with Crippen molar-refractivity contribution < 1.29 is 18.9 Å². The van der Waals surface area contributed by atoms with E-state index in [0.717, 1.165) is 128 Å². The van der Waals surface area contributed by atoms with Gasteiger partial charge in [-0.2, -0.15) is 0 Å². The van der Waals surface area contributed by atoms with E-state index in [1.54, 1.807) is 0 Å². The van der Waals surface area contributed by atoms with Gasteiger partial charge in [-0.05, 0) is 92.4 Å². The van der Waals surface area contributed by atoms with Gasteiger partial charge in [-0.25, -0.2) is 0 Å². The molecule has 1 aliphatic rings. The first-order valence-corrected chi connectivity index (χ1v) is 33.9. The summed E-state index contributed by atoms with van der Waals surface area (Å²) in [7, 11) is 0. The minimum atomic E-state index is 0.386. The van der Waals surface area contributed by atoms with Crippen LogP contribution in [0.2, 0.25) is 0 Å². The van der Waals surface area contributed by atoms with E-state index < -0.39 is 0 Å². The van der Waals surface area contributed by atoms with Crippen molar-refractivity contribution >= 4 is 46.4 Å². The Morgan fingerprint density at radius 2 is 0.423 bits per heavy atom. The van der Waals surface area contributed by atoms with Crippen LogP contribution in [0, 0.1) is 0 Å². The van der Waals surface area contributed by atoms with Crippen LogP contribution < -0.4 is 18.9 Å². The molecule has 1 aliphatic carbocycles. The summed E-state index contributed by atoms with van der Waals surface area (Å²) < 4.78 is 28.0. The van der Waals surface area contributed by atoms with Gasteiger partial charge in [-0.3, -0.25) is 0 Å². The molecule has 8 bridgehead atoms. The zero-order chi connectivity index (χ0) is 55.4.